The van der Waals surface area contributed by atoms with E-state index < -0.39 is 23.3 Å². The van der Waals surface area contributed by atoms with E-state index in [1.54, 1.807) is 6.07 Å². The normalized spacial score (nSPS) is 10.8. The predicted molar refractivity (Wildman–Crippen MR) is 84.6 cm³/mol. The lowest BCUT2D eigenvalue weighted by Crippen LogP contribution is -2.04. The van der Waals surface area contributed by atoms with E-state index in [2.05, 4.69) is 0 Å². The van der Waals surface area contributed by atoms with Crippen molar-refractivity contribution in [2.45, 2.75) is 6.61 Å². The van der Waals surface area contributed by atoms with Crippen LogP contribution in [0.15, 0.2) is 54.3 Å². The maximum absolute atomic E-state index is 13.1. The summed E-state index contributed by atoms with van der Waals surface area (Å²) in [6.45, 7) is -0.0168. The summed E-state index contributed by atoms with van der Waals surface area (Å²) in [6, 6.07) is 11.5. The number of halogens is 1. The summed E-state index contributed by atoms with van der Waals surface area (Å²) in [6.07, 6.45) is 0.592. The van der Waals surface area contributed by atoms with Gasteiger partial charge in [-0.25, -0.2) is 9.18 Å². The van der Waals surface area contributed by atoms with Crippen molar-refractivity contribution in [3.05, 3.63) is 76.8 Å². The topological polar surface area (TPSA) is 108 Å². The molecule has 2 aromatic carbocycles. The summed E-state index contributed by atoms with van der Waals surface area (Å²) < 4.78 is 18.6. The Kier molecular flexibility index (Phi) is 5.48. The van der Waals surface area contributed by atoms with Crippen LogP contribution in [-0.4, -0.2) is 22.0 Å². The minimum Gasteiger partial charge on any atom is -0.502 e. The number of benzene rings is 2. The van der Waals surface area contributed by atoms with Crippen molar-refractivity contribution in [1.29, 1.82) is 5.26 Å². The fraction of sp³-hybridized carbons (Fsp3) is 0.0556. The number of rotatable bonds is 6. The van der Waals surface area contributed by atoms with E-state index in [4.69, 9.17) is 20.2 Å². The number of aliphatic hydroxyl groups is 1. The molecule has 2 rings (SSSR count). The van der Waals surface area contributed by atoms with Gasteiger partial charge in [0.2, 0.25) is 5.76 Å². The molecule has 0 spiro atoms. The first kappa shape index (κ1) is 17.7. The zero-order chi connectivity index (χ0) is 18.4. The van der Waals surface area contributed by atoms with Crippen molar-refractivity contribution in [2.24, 2.45) is 0 Å². The molecule has 0 radical (unpaired) electrons. The largest absolute Gasteiger partial charge is 0.502 e. The van der Waals surface area contributed by atoms with E-state index in [0.717, 1.165) is 6.07 Å². The Morgan fingerprint density at radius 3 is 2.64 bits per heavy atom. The quantitative estimate of drug-likeness (QED) is 0.475. The number of allylic oxidation sites excluding steroid dienone is 1. The third kappa shape index (κ3) is 4.65. The van der Waals surface area contributed by atoms with Crippen molar-refractivity contribution < 1.29 is 28.9 Å². The van der Waals surface area contributed by atoms with Gasteiger partial charge < -0.3 is 14.9 Å². The molecular formula is C18H12FNO5. The number of carboxylic acid groups (broad SMARTS) is 1. The van der Waals surface area contributed by atoms with Crippen LogP contribution < -0.4 is 4.74 Å². The standard InChI is InChI=1S/C18H12FNO5/c19-14-5-4-12(13(6-14)9-20)10-25-15-3-1-2-11(7-15)16(21)8-17(22)18(23)24/h1-8,22H,10H2,(H,23,24). The lowest BCUT2D eigenvalue weighted by molar-refractivity contribution is -0.135. The summed E-state index contributed by atoms with van der Waals surface area (Å²) in [4.78, 5) is 22.4. The first-order chi connectivity index (χ1) is 11.9. The Hall–Kier alpha value is -3.66. The van der Waals surface area contributed by atoms with E-state index in [1.807, 2.05) is 6.07 Å². The highest BCUT2D eigenvalue weighted by Gasteiger charge is 2.11. The van der Waals surface area contributed by atoms with Crippen LogP contribution in [0.2, 0.25) is 0 Å². The highest BCUT2D eigenvalue weighted by molar-refractivity contribution is 6.07. The minimum atomic E-state index is -1.61. The molecule has 2 aromatic rings. The van der Waals surface area contributed by atoms with Crippen LogP contribution in [0.3, 0.4) is 0 Å². The number of aliphatic hydroxyl groups excluding tert-OH is 1. The molecule has 0 aliphatic rings. The van der Waals surface area contributed by atoms with Crippen LogP contribution >= 0.6 is 0 Å². The summed E-state index contributed by atoms with van der Waals surface area (Å²) >= 11 is 0. The SMILES string of the molecule is N#Cc1cc(F)ccc1COc1cccc(C(=O)C=C(O)C(=O)O)c1. The molecule has 7 heteroatoms. The number of nitrogens with zero attached hydrogens (tertiary/aromatic N) is 1. The molecule has 0 aliphatic carbocycles. The highest BCUT2D eigenvalue weighted by atomic mass is 19.1. The molecule has 126 valence electrons. The second-order valence-corrected chi connectivity index (χ2v) is 4.93. The average Bonchev–Trinajstić information content (AvgIpc) is 2.60. The van der Waals surface area contributed by atoms with Crippen LogP contribution in [-0.2, 0) is 11.4 Å². The van der Waals surface area contributed by atoms with Crippen molar-refractivity contribution in [3.8, 4) is 11.8 Å². The summed E-state index contributed by atoms with van der Waals surface area (Å²) in [5.41, 5.74) is 0.732. The average molecular weight is 341 g/mol. The molecule has 0 aliphatic heterocycles. The van der Waals surface area contributed by atoms with Gasteiger partial charge in [0.25, 0.3) is 0 Å². The molecule has 0 unspecified atom stereocenters. The Balaban J connectivity index is 2.15. The van der Waals surface area contributed by atoms with Gasteiger partial charge in [-0.2, -0.15) is 5.26 Å². The van der Waals surface area contributed by atoms with Gasteiger partial charge in [0.1, 0.15) is 18.2 Å². The highest BCUT2D eigenvalue weighted by Crippen LogP contribution is 2.18. The van der Waals surface area contributed by atoms with E-state index in [9.17, 15) is 14.0 Å². The monoisotopic (exact) mass is 341 g/mol. The molecule has 0 atom stereocenters. The Morgan fingerprint density at radius 2 is 1.96 bits per heavy atom. The van der Waals surface area contributed by atoms with E-state index >= 15 is 0 Å². The van der Waals surface area contributed by atoms with Gasteiger partial charge in [-0.1, -0.05) is 18.2 Å². The van der Waals surface area contributed by atoms with Crippen molar-refractivity contribution in [3.63, 3.8) is 0 Å². The number of ketones is 1. The third-order valence-electron chi connectivity index (χ3n) is 3.19. The van der Waals surface area contributed by atoms with Crippen LogP contribution in [0.1, 0.15) is 21.5 Å². The molecule has 0 saturated carbocycles. The smallest absolute Gasteiger partial charge is 0.371 e. The number of carboxylic acids is 1. The predicted octanol–water partition coefficient (Wildman–Crippen LogP) is 2.99. The van der Waals surface area contributed by atoms with Gasteiger partial charge in [0.15, 0.2) is 5.78 Å². The second kappa shape index (κ2) is 7.75. The zero-order valence-corrected chi connectivity index (χ0v) is 12.8. The third-order valence-corrected chi connectivity index (χ3v) is 3.19. The summed E-state index contributed by atoms with van der Waals surface area (Å²) in [7, 11) is 0. The van der Waals surface area contributed by atoms with Crippen LogP contribution in [0.5, 0.6) is 5.75 Å². The van der Waals surface area contributed by atoms with Crippen molar-refractivity contribution in [2.75, 3.05) is 0 Å². The lowest BCUT2D eigenvalue weighted by atomic mass is 10.1. The van der Waals surface area contributed by atoms with Crippen molar-refractivity contribution in [1.82, 2.24) is 0 Å². The molecule has 25 heavy (non-hydrogen) atoms. The number of carbonyl (C=O) groups is 2. The lowest BCUT2D eigenvalue weighted by Gasteiger charge is -2.08. The summed E-state index contributed by atoms with van der Waals surface area (Å²) in [5, 5.41) is 26.7. The Morgan fingerprint density at radius 1 is 1.20 bits per heavy atom. The maximum Gasteiger partial charge on any atom is 0.371 e. The molecule has 0 bridgehead atoms. The Bertz CT molecular complexity index is 899. The molecule has 0 saturated heterocycles. The Labute approximate surface area is 142 Å². The number of aliphatic carboxylic acids is 1. The number of nitriles is 1. The second-order valence-electron chi connectivity index (χ2n) is 4.93. The minimum absolute atomic E-state index is 0.0168. The molecule has 0 aromatic heterocycles. The first-order valence-electron chi connectivity index (χ1n) is 7.00. The molecule has 6 nitrogen and oxygen atoms in total. The van der Waals surface area contributed by atoms with E-state index in [-0.39, 0.29) is 17.7 Å². The van der Waals surface area contributed by atoms with E-state index in [1.165, 1.54) is 30.3 Å². The van der Waals surface area contributed by atoms with Gasteiger partial charge in [-0.05, 0) is 24.3 Å². The molecule has 2 N–H and O–H groups in total. The number of hydrogen-bond donors (Lipinski definition) is 2. The number of ether oxygens (including phenoxy) is 1. The number of carbonyl (C=O) groups excluding carboxylic acids is 1. The van der Waals surface area contributed by atoms with E-state index in [0.29, 0.717) is 17.4 Å². The summed E-state index contributed by atoms with van der Waals surface area (Å²) in [5.74, 6) is -3.62. The van der Waals surface area contributed by atoms with Gasteiger partial charge >= 0.3 is 5.97 Å². The molecule has 0 amide bonds. The van der Waals surface area contributed by atoms with Gasteiger partial charge in [-0.3, -0.25) is 4.79 Å². The fourth-order valence-corrected chi connectivity index (χ4v) is 1.95. The van der Waals surface area contributed by atoms with Crippen LogP contribution in [0.25, 0.3) is 0 Å². The first-order valence-corrected chi connectivity index (χ1v) is 7.00. The van der Waals surface area contributed by atoms with Crippen LogP contribution in [0, 0.1) is 17.1 Å². The van der Waals surface area contributed by atoms with Crippen molar-refractivity contribution >= 4 is 11.8 Å². The fourth-order valence-electron chi connectivity index (χ4n) is 1.95. The maximum atomic E-state index is 13.1. The van der Waals surface area contributed by atoms with Gasteiger partial charge in [-0.15, -0.1) is 0 Å². The molecule has 0 fully saturated rings. The molecule has 0 heterocycles. The number of hydrogen-bond acceptors (Lipinski definition) is 5. The van der Waals surface area contributed by atoms with Gasteiger partial charge in [0.05, 0.1) is 11.6 Å². The molecular weight excluding hydrogens is 329 g/mol. The van der Waals surface area contributed by atoms with Gasteiger partial charge in [0, 0.05) is 17.2 Å². The zero-order valence-electron chi connectivity index (χ0n) is 12.8. The van der Waals surface area contributed by atoms with Crippen LogP contribution in [0.4, 0.5) is 4.39 Å².